The lowest BCUT2D eigenvalue weighted by Crippen LogP contribution is -2.27. The SMILES string of the molecule is OC(C(F)F)C(c1ccccn1)c1cncs1. The van der Waals surface area contributed by atoms with E-state index in [2.05, 4.69) is 9.97 Å². The highest BCUT2D eigenvalue weighted by Gasteiger charge is 2.32. The molecule has 0 saturated heterocycles. The van der Waals surface area contributed by atoms with Gasteiger partial charge >= 0.3 is 0 Å². The molecule has 0 amide bonds. The van der Waals surface area contributed by atoms with Crippen LogP contribution >= 0.6 is 11.3 Å². The third kappa shape index (κ3) is 2.65. The number of aliphatic hydroxyl groups excluding tert-OH is 1. The fourth-order valence-corrected chi connectivity index (χ4v) is 2.35. The lowest BCUT2D eigenvalue weighted by atomic mass is 9.97. The number of alkyl halides is 2. The highest BCUT2D eigenvalue weighted by Crippen LogP contribution is 2.31. The molecule has 17 heavy (non-hydrogen) atoms. The maximum absolute atomic E-state index is 12.7. The zero-order valence-corrected chi connectivity index (χ0v) is 9.52. The van der Waals surface area contributed by atoms with E-state index in [9.17, 15) is 13.9 Å². The van der Waals surface area contributed by atoms with E-state index in [1.165, 1.54) is 23.7 Å². The molecule has 0 bridgehead atoms. The molecule has 0 radical (unpaired) electrons. The summed E-state index contributed by atoms with van der Waals surface area (Å²) in [5.41, 5.74) is 1.97. The van der Waals surface area contributed by atoms with Gasteiger partial charge in [-0.1, -0.05) is 6.07 Å². The Labute approximate surface area is 101 Å². The number of rotatable bonds is 4. The van der Waals surface area contributed by atoms with Crippen LogP contribution < -0.4 is 0 Å². The predicted molar refractivity (Wildman–Crippen MR) is 60.2 cm³/mol. The highest BCUT2D eigenvalue weighted by molar-refractivity contribution is 7.09. The fourth-order valence-electron chi connectivity index (χ4n) is 1.57. The van der Waals surface area contributed by atoms with Gasteiger partial charge in [-0.25, -0.2) is 8.78 Å². The summed E-state index contributed by atoms with van der Waals surface area (Å²) in [7, 11) is 0. The molecule has 2 aromatic rings. The first-order valence-electron chi connectivity index (χ1n) is 4.95. The summed E-state index contributed by atoms with van der Waals surface area (Å²) in [5.74, 6) is -0.830. The van der Waals surface area contributed by atoms with E-state index in [1.807, 2.05) is 0 Å². The molecule has 1 N–H and O–H groups in total. The van der Waals surface area contributed by atoms with Gasteiger partial charge in [-0.3, -0.25) is 9.97 Å². The van der Waals surface area contributed by atoms with Gasteiger partial charge < -0.3 is 5.11 Å². The minimum atomic E-state index is -2.82. The Morgan fingerprint density at radius 1 is 1.29 bits per heavy atom. The van der Waals surface area contributed by atoms with Crippen molar-refractivity contribution in [3.63, 3.8) is 0 Å². The van der Waals surface area contributed by atoms with Crippen LogP contribution in [0.3, 0.4) is 0 Å². The van der Waals surface area contributed by atoms with Crippen LogP contribution in [0.4, 0.5) is 8.78 Å². The van der Waals surface area contributed by atoms with Crippen molar-refractivity contribution >= 4 is 11.3 Å². The van der Waals surface area contributed by atoms with Gasteiger partial charge in [0.2, 0.25) is 0 Å². The molecule has 2 atom stereocenters. The summed E-state index contributed by atoms with van der Waals surface area (Å²) in [6.07, 6.45) is -1.59. The highest BCUT2D eigenvalue weighted by atomic mass is 32.1. The van der Waals surface area contributed by atoms with Gasteiger partial charge in [-0.15, -0.1) is 11.3 Å². The smallest absolute Gasteiger partial charge is 0.265 e. The Bertz CT molecular complexity index is 450. The molecule has 3 nitrogen and oxygen atoms in total. The molecule has 2 unspecified atom stereocenters. The van der Waals surface area contributed by atoms with Crippen LogP contribution in [0.1, 0.15) is 16.5 Å². The third-order valence-corrected chi connectivity index (χ3v) is 3.22. The zero-order chi connectivity index (χ0) is 12.3. The molecule has 6 heteroatoms. The Morgan fingerprint density at radius 2 is 2.12 bits per heavy atom. The molecule has 0 aliphatic rings. The van der Waals surface area contributed by atoms with Crippen LogP contribution in [0, 0.1) is 0 Å². The second-order valence-electron chi connectivity index (χ2n) is 3.46. The Balaban J connectivity index is 2.38. The Hall–Kier alpha value is -1.40. The topological polar surface area (TPSA) is 46.0 Å². The van der Waals surface area contributed by atoms with Gasteiger partial charge in [0.25, 0.3) is 6.43 Å². The quantitative estimate of drug-likeness (QED) is 0.913. The molecule has 0 saturated carbocycles. The molecule has 2 aromatic heterocycles. The molecule has 90 valence electrons. The van der Waals surface area contributed by atoms with E-state index in [4.69, 9.17) is 0 Å². The summed E-state index contributed by atoms with van der Waals surface area (Å²) in [4.78, 5) is 8.45. The number of aliphatic hydroxyl groups is 1. The van der Waals surface area contributed by atoms with Crippen molar-refractivity contribution in [1.82, 2.24) is 9.97 Å². The normalized spacial score (nSPS) is 14.8. The molecular weight excluding hydrogens is 246 g/mol. The minimum absolute atomic E-state index is 0.421. The lowest BCUT2D eigenvalue weighted by molar-refractivity contribution is -0.0134. The molecule has 0 fully saturated rings. The zero-order valence-electron chi connectivity index (χ0n) is 8.70. The summed E-state index contributed by atoms with van der Waals surface area (Å²) >= 11 is 1.23. The maximum Gasteiger partial charge on any atom is 0.265 e. The summed E-state index contributed by atoms with van der Waals surface area (Å²) in [5, 5.41) is 9.60. The molecule has 2 rings (SSSR count). The van der Waals surface area contributed by atoms with Gasteiger partial charge in [0.05, 0.1) is 17.1 Å². The first-order chi connectivity index (χ1) is 8.20. The molecule has 2 heterocycles. The number of thiazole rings is 1. The molecular formula is C11H10F2N2OS. The third-order valence-electron chi connectivity index (χ3n) is 2.36. The summed E-state index contributed by atoms with van der Waals surface area (Å²) in [6, 6.07) is 5.02. The molecule has 0 aliphatic heterocycles. The minimum Gasteiger partial charge on any atom is -0.386 e. The average molecular weight is 256 g/mol. The second kappa shape index (κ2) is 5.29. The number of pyridine rings is 1. The second-order valence-corrected chi connectivity index (χ2v) is 4.38. The number of nitrogens with zero attached hydrogens (tertiary/aromatic N) is 2. The van der Waals surface area contributed by atoms with Crippen molar-refractivity contribution < 1.29 is 13.9 Å². The van der Waals surface area contributed by atoms with Crippen molar-refractivity contribution in [3.8, 4) is 0 Å². The van der Waals surface area contributed by atoms with E-state index in [1.54, 1.807) is 23.7 Å². The first-order valence-corrected chi connectivity index (χ1v) is 5.83. The molecule has 0 spiro atoms. The standard InChI is InChI=1S/C11H10F2N2OS/c12-11(13)10(16)9(8-5-14-6-17-8)7-3-1-2-4-15-7/h1-6,9-11,16H. The molecule has 0 aliphatic carbocycles. The number of hydrogen-bond donors (Lipinski definition) is 1. The van der Waals surface area contributed by atoms with Crippen LogP contribution in [0.5, 0.6) is 0 Å². The van der Waals surface area contributed by atoms with Crippen LogP contribution in [0.15, 0.2) is 36.1 Å². The predicted octanol–water partition coefficient (Wildman–Crippen LogP) is 2.30. The van der Waals surface area contributed by atoms with Gasteiger partial charge in [0.1, 0.15) is 6.10 Å². The fraction of sp³-hybridized carbons (Fsp3) is 0.273. The van der Waals surface area contributed by atoms with E-state index in [0.29, 0.717) is 10.6 Å². The number of hydrogen-bond acceptors (Lipinski definition) is 4. The van der Waals surface area contributed by atoms with Crippen LogP contribution in [0.25, 0.3) is 0 Å². The van der Waals surface area contributed by atoms with E-state index in [-0.39, 0.29) is 0 Å². The monoisotopic (exact) mass is 256 g/mol. The van der Waals surface area contributed by atoms with Gasteiger partial charge in [0, 0.05) is 17.3 Å². The van der Waals surface area contributed by atoms with Crippen molar-refractivity contribution in [2.45, 2.75) is 18.4 Å². The number of halogens is 2. The van der Waals surface area contributed by atoms with Gasteiger partial charge in [-0.2, -0.15) is 0 Å². The van der Waals surface area contributed by atoms with Gasteiger partial charge in [-0.05, 0) is 12.1 Å². The lowest BCUT2D eigenvalue weighted by Gasteiger charge is -2.20. The van der Waals surface area contributed by atoms with Gasteiger partial charge in [0.15, 0.2) is 0 Å². The molecule has 0 aromatic carbocycles. The van der Waals surface area contributed by atoms with E-state index in [0.717, 1.165) is 0 Å². The Kier molecular flexibility index (Phi) is 3.75. The largest absolute Gasteiger partial charge is 0.386 e. The first kappa shape index (κ1) is 12.1. The van der Waals surface area contributed by atoms with Crippen LogP contribution in [-0.2, 0) is 0 Å². The van der Waals surface area contributed by atoms with Crippen molar-refractivity contribution in [1.29, 1.82) is 0 Å². The number of aromatic nitrogens is 2. The maximum atomic E-state index is 12.7. The van der Waals surface area contributed by atoms with E-state index < -0.39 is 18.4 Å². The van der Waals surface area contributed by atoms with Crippen molar-refractivity contribution in [2.24, 2.45) is 0 Å². The van der Waals surface area contributed by atoms with Crippen molar-refractivity contribution in [3.05, 3.63) is 46.7 Å². The van der Waals surface area contributed by atoms with Crippen LogP contribution in [0.2, 0.25) is 0 Å². The van der Waals surface area contributed by atoms with Crippen molar-refractivity contribution in [2.75, 3.05) is 0 Å². The van der Waals surface area contributed by atoms with E-state index >= 15 is 0 Å². The van der Waals surface area contributed by atoms with Crippen LogP contribution in [-0.4, -0.2) is 27.6 Å². The Morgan fingerprint density at radius 3 is 2.65 bits per heavy atom. The summed E-state index contributed by atoms with van der Waals surface area (Å²) < 4.78 is 25.3. The average Bonchev–Trinajstić information content (AvgIpc) is 2.84. The summed E-state index contributed by atoms with van der Waals surface area (Å²) in [6.45, 7) is 0.